The Morgan fingerprint density at radius 2 is 2.14 bits per heavy atom. The molecule has 4 rings (SSSR count). The third kappa shape index (κ3) is 2.56. The molecule has 116 valence electrons. The predicted molar refractivity (Wildman–Crippen MR) is 90.7 cm³/mol. The summed E-state index contributed by atoms with van der Waals surface area (Å²) < 4.78 is 2.17. The van der Waals surface area contributed by atoms with Crippen LogP contribution >= 0.6 is 0 Å². The molecule has 0 saturated carbocycles. The summed E-state index contributed by atoms with van der Waals surface area (Å²) >= 11 is 0. The van der Waals surface area contributed by atoms with Crippen molar-refractivity contribution in [2.45, 2.75) is 32.2 Å². The zero-order valence-electron chi connectivity index (χ0n) is 13.5. The molecule has 1 saturated heterocycles. The van der Waals surface area contributed by atoms with Crippen LogP contribution in [-0.4, -0.2) is 47.1 Å². The van der Waals surface area contributed by atoms with Crippen molar-refractivity contribution in [1.29, 1.82) is 0 Å². The van der Waals surface area contributed by atoms with Crippen molar-refractivity contribution in [2.24, 2.45) is 10.9 Å². The van der Waals surface area contributed by atoms with Crippen molar-refractivity contribution in [3.8, 4) is 0 Å². The van der Waals surface area contributed by atoms with Crippen molar-refractivity contribution >= 4 is 16.6 Å². The minimum absolute atomic E-state index is 0.522. The molecular weight excluding hydrogens is 272 g/mol. The second-order valence-corrected chi connectivity index (χ2v) is 7.02. The lowest BCUT2D eigenvalue weighted by Gasteiger charge is -2.17. The van der Waals surface area contributed by atoms with Crippen LogP contribution in [0.15, 0.2) is 29.4 Å². The molecule has 1 aromatic carbocycles. The zero-order chi connectivity index (χ0) is 15.1. The molecule has 0 bridgehead atoms. The maximum atomic E-state index is 4.83. The highest BCUT2D eigenvalue weighted by Crippen LogP contribution is 2.24. The Hall–Kier alpha value is -1.68. The number of aliphatic imine (C=N–C) groups is 1. The van der Waals surface area contributed by atoms with Gasteiger partial charge in [0.15, 0.2) is 0 Å². The first-order valence-electron chi connectivity index (χ1n) is 8.40. The van der Waals surface area contributed by atoms with Gasteiger partial charge in [0.05, 0.1) is 11.6 Å². The fraction of sp³-hybridized carbons (Fsp3) is 0.556. The quantitative estimate of drug-likeness (QED) is 0.853. The summed E-state index contributed by atoms with van der Waals surface area (Å²) in [5, 5.41) is 6.07. The Kier molecular flexibility index (Phi) is 3.49. The summed E-state index contributed by atoms with van der Waals surface area (Å²) in [6.45, 7) is 5.52. The van der Waals surface area contributed by atoms with Gasteiger partial charge in [-0.3, -0.25) is 9.67 Å². The Morgan fingerprint density at radius 1 is 1.23 bits per heavy atom. The van der Waals surface area contributed by atoms with E-state index < -0.39 is 0 Å². The van der Waals surface area contributed by atoms with Crippen molar-refractivity contribution in [3.63, 3.8) is 0 Å². The minimum atomic E-state index is 0.522. The van der Waals surface area contributed by atoms with Crippen LogP contribution in [0.5, 0.6) is 0 Å². The number of benzene rings is 1. The van der Waals surface area contributed by atoms with E-state index >= 15 is 0 Å². The van der Waals surface area contributed by atoms with Crippen molar-refractivity contribution < 1.29 is 0 Å². The lowest BCUT2D eigenvalue weighted by molar-refractivity contribution is 0.383. The fourth-order valence-electron chi connectivity index (χ4n) is 3.58. The molecule has 1 unspecified atom stereocenters. The van der Waals surface area contributed by atoms with E-state index in [1.807, 2.05) is 0 Å². The van der Waals surface area contributed by atoms with E-state index in [2.05, 4.69) is 47.9 Å². The Balaban J connectivity index is 1.64. The van der Waals surface area contributed by atoms with Crippen LogP contribution in [0, 0.1) is 5.92 Å². The number of likely N-dealkylation sites (tertiary alicyclic amines) is 1. The van der Waals surface area contributed by atoms with Crippen LogP contribution in [-0.2, 0) is 0 Å². The van der Waals surface area contributed by atoms with Gasteiger partial charge in [0, 0.05) is 30.4 Å². The highest BCUT2D eigenvalue weighted by atomic mass is 15.3. The first-order valence-corrected chi connectivity index (χ1v) is 8.40. The number of rotatable bonds is 2. The second-order valence-electron chi connectivity index (χ2n) is 7.02. The summed E-state index contributed by atoms with van der Waals surface area (Å²) in [6.07, 6.45) is 5.75. The van der Waals surface area contributed by atoms with Crippen LogP contribution in [0.3, 0.4) is 0 Å². The molecule has 3 heterocycles. The fourth-order valence-corrected chi connectivity index (χ4v) is 3.58. The first-order chi connectivity index (χ1) is 10.7. The normalized spacial score (nSPS) is 26.5. The van der Waals surface area contributed by atoms with E-state index in [9.17, 15) is 0 Å². The number of hydrogen-bond acceptors (Lipinski definition) is 3. The molecule has 2 aliphatic rings. The van der Waals surface area contributed by atoms with Gasteiger partial charge in [0.1, 0.15) is 0 Å². The van der Waals surface area contributed by atoms with Crippen LogP contribution in [0.25, 0.3) is 10.9 Å². The maximum Gasteiger partial charge on any atom is 0.0930 e. The molecule has 0 spiro atoms. The molecule has 0 aliphatic carbocycles. The van der Waals surface area contributed by atoms with Gasteiger partial charge in [-0.1, -0.05) is 19.1 Å². The molecule has 22 heavy (non-hydrogen) atoms. The van der Waals surface area contributed by atoms with Gasteiger partial charge in [-0.25, -0.2) is 0 Å². The highest BCUT2D eigenvalue weighted by molar-refractivity contribution is 6.03. The summed E-state index contributed by atoms with van der Waals surface area (Å²) in [6, 6.07) is 7.16. The van der Waals surface area contributed by atoms with Gasteiger partial charge in [-0.15, -0.1) is 0 Å². The lowest BCUT2D eigenvalue weighted by Crippen LogP contribution is -2.16. The summed E-state index contributed by atoms with van der Waals surface area (Å²) in [5.74, 6) is 0.728. The number of likely N-dealkylation sites (N-methyl/N-ethyl adjacent to an activating group) is 1. The Labute approximate surface area is 131 Å². The average Bonchev–Trinajstić information content (AvgIpc) is 3.13. The maximum absolute atomic E-state index is 4.83. The number of hydrogen-bond donors (Lipinski definition) is 0. The Bertz CT molecular complexity index is 715. The van der Waals surface area contributed by atoms with Crippen LogP contribution in [0.4, 0.5) is 0 Å². The van der Waals surface area contributed by atoms with Crippen molar-refractivity contribution in [2.75, 3.05) is 26.7 Å². The van der Waals surface area contributed by atoms with E-state index in [1.54, 1.807) is 0 Å². The van der Waals surface area contributed by atoms with E-state index in [1.165, 1.54) is 36.0 Å². The molecule has 1 aromatic heterocycles. The Morgan fingerprint density at radius 3 is 2.86 bits per heavy atom. The number of nitrogens with zero attached hydrogens (tertiary/aromatic N) is 4. The smallest absolute Gasteiger partial charge is 0.0930 e. The molecule has 0 radical (unpaired) electrons. The highest BCUT2D eigenvalue weighted by Gasteiger charge is 2.22. The summed E-state index contributed by atoms with van der Waals surface area (Å²) in [4.78, 5) is 7.13. The van der Waals surface area contributed by atoms with Gasteiger partial charge < -0.3 is 4.90 Å². The second kappa shape index (κ2) is 5.51. The SMILES string of the molecule is C[C@H]1CCC(c2ccc3cn(C4CCN(C)C4)nc3c2)=NC1. The van der Waals surface area contributed by atoms with Gasteiger partial charge >= 0.3 is 0 Å². The van der Waals surface area contributed by atoms with E-state index in [-0.39, 0.29) is 0 Å². The molecule has 4 heteroatoms. The summed E-state index contributed by atoms with van der Waals surface area (Å²) in [5.41, 5.74) is 3.62. The van der Waals surface area contributed by atoms with Crippen LogP contribution < -0.4 is 0 Å². The van der Waals surface area contributed by atoms with Crippen LogP contribution in [0.2, 0.25) is 0 Å². The van der Waals surface area contributed by atoms with E-state index in [0.29, 0.717) is 6.04 Å². The molecule has 1 fully saturated rings. The molecule has 4 nitrogen and oxygen atoms in total. The zero-order valence-corrected chi connectivity index (χ0v) is 13.5. The van der Waals surface area contributed by atoms with Crippen molar-refractivity contribution in [3.05, 3.63) is 30.0 Å². The number of aromatic nitrogens is 2. The predicted octanol–water partition coefficient (Wildman–Crippen LogP) is 3.13. The van der Waals surface area contributed by atoms with Crippen LogP contribution in [0.1, 0.15) is 37.8 Å². The summed E-state index contributed by atoms with van der Waals surface area (Å²) in [7, 11) is 2.18. The first kappa shape index (κ1) is 13.9. The molecule has 0 N–H and O–H groups in total. The molecule has 2 atom stereocenters. The average molecular weight is 296 g/mol. The van der Waals surface area contributed by atoms with Crippen molar-refractivity contribution in [1.82, 2.24) is 14.7 Å². The van der Waals surface area contributed by atoms with Gasteiger partial charge in [-0.05, 0) is 50.4 Å². The van der Waals surface area contributed by atoms with Gasteiger partial charge in [-0.2, -0.15) is 5.10 Å². The monoisotopic (exact) mass is 296 g/mol. The van der Waals surface area contributed by atoms with Gasteiger partial charge in [0.2, 0.25) is 0 Å². The topological polar surface area (TPSA) is 33.4 Å². The lowest BCUT2D eigenvalue weighted by atomic mass is 9.95. The molecule has 2 aromatic rings. The third-order valence-corrected chi connectivity index (χ3v) is 5.07. The number of fused-ring (bicyclic) bond motifs is 1. The molecular formula is C18H24N4. The minimum Gasteiger partial charge on any atom is -0.304 e. The third-order valence-electron chi connectivity index (χ3n) is 5.07. The molecule has 0 amide bonds. The van der Waals surface area contributed by atoms with E-state index in [4.69, 9.17) is 10.1 Å². The van der Waals surface area contributed by atoms with E-state index in [0.717, 1.165) is 30.9 Å². The molecule has 2 aliphatic heterocycles. The van der Waals surface area contributed by atoms with Gasteiger partial charge in [0.25, 0.3) is 0 Å². The largest absolute Gasteiger partial charge is 0.304 e. The standard InChI is InChI=1S/C18H24N4/c1-13-3-6-17(19-10-13)14-4-5-15-11-22(20-18(15)9-14)16-7-8-21(2)12-16/h4-5,9,11,13,16H,3,6-8,10,12H2,1-2H3/t13-,16?/m0/s1.